The van der Waals surface area contributed by atoms with Crippen molar-refractivity contribution in [3.8, 4) is 0 Å². The first-order valence-corrected chi connectivity index (χ1v) is 7.19. The minimum absolute atomic E-state index is 0.308. The Hall–Kier alpha value is -2.62. The number of ether oxygens (including phenoxy) is 1. The molecule has 4 nitrogen and oxygen atoms in total. The van der Waals surface area contributed by atoms with E-state index in [0.29, 0.717) is 12.2 Å². The van der Waals surface area contributed by atoms with E-state index in [2.05, 4.69) is 9.89 Å². The van der Waals surface area contributed by atoms with Crippen LogP contribution in [0.2, 0.25) is 0 Å². The predicted octanol–water partition coefficient (Wildman–Crippen LogP) is 3.68. The van der Waals surface area contributed by atoms with E-state index in [1.807, 2.05) is 38.4 Å². The largest absolute Gasteiger partial charge is 0.462 e. The molecular formula is C18H20N2O2. The zero-order chi connectivity index (χ0) is 15.9. The van der Waals surface area contributed by atoms with E-state index in [9.17, 15) is 4.79 Å². The normalized spacial score (nSPS) is 10.7. The molecule has 0 spiro atoms. The van der Waals surface area contributed by atoms with Crippen molar-refractivity contribution in [1.82, 2.24) is 0 Å². The van der Waals surface area contributed by atoms with Gasteiger partial charge in [-0.25, -0.2) is 4.79 Å². The van der Waals surface area contributed by atoms with Crippen LogP contribution in [0.4, 0.5) is 11.4 Å². The lowest BCUT2D eigenvalue weighted by atomic mass is 10.2. The van der Waals surface area contributed by atoms with Gasteiger partial charge in [-0.2, -0.15) is 0 Å². The second-order valence-corrected chi connectivity index (χ2v) is 5.01. The Kier molecular flexibility index (Phi) is 5.31. The number of anilines is 1. The molecule has 0 saturated heterocycles. The smallest absolute Gasteiger partial charge is 0.338 e. The lowest BCUT2D eigenvalue weighted by Gasteiger charge is -2.11. The molecule has 0 heterocycles. The van der Waals surface area contributed by atoms with Gasteiger partial charge in [0.05, 0.1) is 17.9 Å². The topological polar surface area (TPSA) is 41.9 Å². The van der Waals surface area contributed by atoms with Crippen LogP contribution in [0.3, 0.4) is 0 Å². The van der Waals surface area contributed by atoms with E-state index in [-0.39, 0.29) is 5.97 Å². The summed E-state index contributed by atoms with van der Waals surface area (Å²) in [6, 6.07) is 15.2. The molecule has 0 N–H and O–H groups in total. The van der Waals surface area contributed by atoms with Crippen LogP contribution < -0.4 is 4.90 Å². The van der Waals surface area contributed by atoms with Gasteiger partial charge in [0.2, 0.25) is 0 Å². The number of benzene rings is 2. The molecule has 0 aliphatic rings. The maximum atomic E-state index is 11.6. The molecule has 0 aliphatic heterocycles. The Bertz CT molecular complexity index is 644. The van der Waals surface area contributed by atoms with Crippen LogP contribution >= 0.6 is 0 Å². The average Bonchev–Trinajstić information content (AvgIpc) is 2.54. The van der Waals surface area contributed by atoms with Gasteiger partial charge in [-0.3, -0.25) is 4.99 Å². The monoisotopic (exact) mass is 296 g/mol. The SMILES string of the molecule is CCOC(=O)c1ccc(N=Cc2ccc(N(C)C)cc2)cc1. The molecule has 4 heteroatoms. The number of hydrogen-bond acceptors (Lipinski definition) is 4. The number of carbonyl (C=O) groups excluding carboxylic acids is 1. The number of esters is 1. The molecule has 0 radical (unpaired) electrons. The summed E-state index contributed by atoms with van der Waals surface area (Å²) in [6.07, 6.45) is 1.80. The van der Waals surface area contributed by atoms with Gasteiger partial charge in [-0.15, -0.1) is 0 Å². The Labute approximate surface area is 131 Å². The Balaban J connectivity index is 2.05. The summed E-state index contributed by atoms with van der Waals surface area (Å²) in [7, 11) is 4.02. The van der Waals surface area contributed by atoms with Crippen molar-refractivity contribution in [1.29, 1.82) is 0 Å². The van der Waals surface area contributed by atoms with Gasteiger partial charge in [0.1, 0.15) is 0 Å². The maximum absolute atomic E-state index is 11.6. The summed E-state index contributed by atoms with van der Waals surface area (Å²) in [5.41, 5.74) is 3.51. The molecule has 22 heavy (non-hydrogen) atoms. The lowest BCUT2D eigenvalue weighted by molar-refractivity contribution is 0.0526. The molecule has 0 atom stereocenters. The zero-order valence-corrected chi connectivity index (χ0v) is 13.1. The third-order valence-corrected chi connectivity index (χ3v) is 3.15. The van der Waals surface area contributed by atoms with Crippen molar-refractivity contribution in [2.45, 2.75) is 6.92 Å². The molecule has 2 aromatic carbocycles. The van der Waals surface area contributed by atoms with Crippen LogP contribution in [0.1, 0.15) is 22.8 Å². The molecule has 0 aliphatic carbocycles. The van der Waals surface area contributed by atoms with Crippen LogP contribution in [0.25, 0.3) is 0 Å². The van der Waals surface area contributed by atoms with Crippen LogP contribution in [-0.2, 0) is 4.74 Å². The third kappa shape index (κ3) is 4.19. The minimum atomic E-state index is -0.308. The predicted molar refractivity (Wildman–Crippen MR) is 90.4 cm³/mol. The highest BCUT2D eigenvalue weighted by molar-refractivity contribution is 5.90. The molecule has 114 valence electrons. The van der Waals surface area contributed by atoms with Gasteiger partial charge >= 0.3 is 5.97 Å². The highest BCUT2D eigenvalue weighted by atomic mass is 16.5. The van der Waals surface area contributed by atoms with E-state index in [4.69, 9.17) is 4.74 Å². The van der Waals surface area contributed by atoms with E-state index < -0.39 is 0 Å². The summed E-state index contributed by atoms with van der Waals surface area (Å²) in [4.78, 5) is 18.0. The first-order chi connectivity index (χ1) is 10.6. The Morgan fingerprint density at radius 2 is 1.73 bits per heavy atom. The van der Waals surface area contributed by atoms with Gasteiger partial charge in [0.25, 0.3) is 0 Å². The number of aliphatic imine (C=N–C) groups is 1. The Morgan fingerprint density at radius 1 is 1.09 bits per heavy atom. The van der Waals surface area contributed by atoms with Gasteiger partial charge < -0.3 is 9.64 Å². The molecule has 0 unspecified atom stereocenters. The number of hydrogen-bond donors (Lipinski definition) is 0. The van der Waals surface area contributed by atoms with Crippen LogP contribution in [-0.4, -0.2) is 32.9 Å². The summed E-state index contributed by atoms with van der Waals surface area (Å²) < 4.78 is 4.95. The second-order valence-electron chi connectivity index (χ2n) is 5.01. The quantitative estimate of drug-likeness (QED) is 0.624. The van der Waals surface area contributed by atoms with E-state index in [0.717, 1.165) is 16.9 Å². The molecule has 2 rings (SSSR count). The summed E-state index contributed by atoms with van der Waals surface area (Å²) in [5, 5.41) is 0. The fourth-order valence-corrected chi connectivity index (χ4v) is 1.91. The first-order valence-electron chi connectivity index (χ1n) is 7.19. The molecule has 2 aromatic rings. The number of rotatable bonds is 5. The van der Waals surface area contributed by atoms with Gasteiger partial charge in [0, 0.05) is 26.0 Å². The average molecular weight is 296 g/mol. The molecule has 0 fully saturated rings. The first kappa shape index (κ1) is 15.8. The van der Waals surface area contributed by atoms with Crippen molar-refractivity contribution in [3.05, 3.63) is 59.7 Å². The zero-order valence-electron chi connectivity index (χ0n) is 13.1. The summed E-state index contributed by atoms with van der Waals surface area (Å²) in [5.74, 6) is -0.308. The van der Waals surface area contributed by atoms with Gasteiger partial charge in [-0.1, -0.05) is 12.1 Å². The van der Waals surface area contributed by atoms with Crippen molar-refractivity contribution >= 4 is 23.6 Å². The lowest BCUT2D eigenvalue weighted by Crippen LogP contribution is -2.08. The molecule has 0 amide bonds. The van der Waals surface area contributed by atoms with Crippen LogP contribution in [0.5, 0.6) is 0 Å². The standard InChI is InChI=1S/C18H20N2O2/c1-4-22-18(21)15-7-9-16(10-8-15)19-13-14-5-11-17(12-6-14)20(2)3/h5-13H,4H2,1-3H3. The molecule has 0 bridgehead atoms. The molecule has 0 saturated carbocycles. The maximum Gasteiger partial charge on any atom is 0.338 e. The Morgan fingerprint density at radius 3 is 2.27 bits per heavy atom. The highest BCUT2D eigenvalue weighted by Crippen LogP contribution is 2.15. The van der Waals surface area contributed by atoms with Crippen molar-refractivity contribution < 1.29 is 9.53 Å². The number of carbonyl (C=O) groups is 1. The van der Waals surface area contributed by atoms with Gasteiger partial charge in [-0.05, 0) is 48.9 Å². The van der Waals surface area contributed by atoms with Crippen LogP contribution in [0.15, 0.2) is 53.5 Å². The fraction of sp³-hybridized carbons (Fsp3) is 0.222. The fourth-order valence-electron chi connectivity index (χ4n) is 1.91. The van der Waals surface area contributed by atoms with Crippen molar-refractivity contribution in [2.24, 2.45) is 4.99 Å². The van der Waals surface area contributed by atoms with Crippen molar-refractivity contribution in [3.63, 3.8) is 0 Å². The third-order valence-electron chi connectivity index (χ3n) is 3.15. The summed E-state index contributed by atoms with van der Waals surface area (Å²) in [6.45, 7) is 2.17. The van der Waals surface area contributed by atoms with E-state index in [1.165, 1.54) is 0 Å². The van der Waals surface area contributed by atoms with E-state index in [1.54, 1.807) is 37.4 Å². The molecular weight excluding hydrogens is 276 g/mol. The highest BCUT2D eigenvalue weighted by Gasteiger charge is 2.04. The molecule has 0 aromatic heterocycles. The summed E-state index contributed by atoms with van der Waals surface area (Å²) >= 11 is 0. The van der Waals surface area contributed by atoms with Crippen LogP contribution in [0, 0.1) is 0 Å². The number of nitrogens with zero attached hydrogens (tertiary/aromatic N) is 2. The van der Waals surface area contributed by atoms with Crippen molar-refractivity contribution in [2.75, 3.05) is 25.6 Å². The van der Waals surface area contributed by atoms with Gasteiger partial charge in [0.15, 0.2) is 0 Å². The minimum Gasteiger partial charge on any atom is -0.462 e. The van der Waals surface area contributed by atoms with E-state index >= 15 is 0 Å². The second kappa shape index (κ2) is 7.41.